The van der Waals surface area contributed by atoms with Crippen LogP contribution >= 0.6 is 11.3 Å². The maximum atomic E-state index is 3.56. The first kappa shape index (κ1) is 13.0. The molecule has 0 saturated carbocycles. The van der Waals surface area contributed by atoms with Gasteiger partial charge in [-0.05, 0) is 38.1 Å². The molecule has 2 aromatic heterocycles. The van der Waals surface area contributed by atoms with Gasteiger partial charge in [0.1, 0.15) is 0 Å². The van der Waals surface area contributed by atoms with Crippen LogP contribution in [0, 0.1) is 23.7 Å². The van der Waals surface area contributed by atoms with Crippen molar-refractivity contribution in [3.63, 3.8) is 0 Å². The second kappa shape index (κ2) is 4.95. The number of hydrogen-bond acceptors (Lipinski definition) is 1. The summed E-state index contributed by atoms with van der Waals surface area (Å²) in [5.41, 5.74) is 4.49. The van der Waals surface area contributed by atoms with Gasteiger partial charge in [0.15, 0.2) is 0 Å². The number of thiophene rings is 1. The number of benzene rings is 2. The fourth-order valence-electron chi connectivity index (χ4n) is 2.83. The van der Waals surface area contributed by atoms with E-state index in [0.717, 1.165) is 16.6 Å². The molecule has 0 aliphatic carbocycles. The van der Waals surface area contributed by atoms with Gasteiger partial charge in [-0.1, -0.05) is 24.0 Å². The monoisotopic (exact) mass is 299 g/mol. The maximum Gasteiger partial charge on any atom is 0.0654 e. The molecule has 0 unspecified atom stereocenters. The molecule has 0 aliphatic rings. The van der Waals surface area contributed by atoms with E-state index in [2.05, 4.69) is 65.1 Å². The first-order chi connectivity index (χ1) is 10.8. The second-order valence-corrected chi connectivity index (χ2v) is 6.20. The van der Waals surface area contributed by atoms with Gasteiger partial charge in [-0.25, -0.2) is 0 Å². The Morgan fingerprint density at radius 1 is 0.864 bits per heavy atom. The van der Waals surface area contributed by atoms with Crippen molar-refractivity contribution in [2.24, 2.45) is 0 Å². The van der Waals surface area contributed by atoms with Crippen molar-refractivity contribution in [1.29, 1.82) is 0 Å². The zero-order chi connectivity index (χ0) is 15.1. The number of aromatic amines is 1. The molecule has 0 bridgehead atoms. The van der Waals surface area contributed by atoms with Crippen LogP contribution in [0.1, 0.15) is 25.0 Å². The Kier molecular flexibility index (Phi) is 2.93. The van der Waals surface area contributed by atoms with E-state index in [-0.39, 0.29) is 0 Å². The Hall–Kier alpha value is -2.68. The molecule has 1 N–H and O–H groups in total. The SMILES string of the molecule is CC#Cc1ccc2c(c1)[nH]c1c3ccc(C#CC)cc3sc21. The average Bonchev–Trinajstić information content (AvgIpc) is 3.03. The summed E-state index contributed by atoms with van der Waals surface area (Å²) in [4.78, 5) is 3.56. The zero-order valence-electron chi connectivity index (χ0n) is 12.4. The van der Waals surface area contributed by atoms with Crippen LogP contribution in [0.2, 0.25) is 0 Å². The van der Waals surface area contributed by atoms with Crippen LogP contribution in [-0.4, -0.2) is 4.98 Å². The highest BCUT2D eigenvalue weighted by Crippen LogP contribution is 2.38. The molecule has 0 fully saturated rings. The third-order valence-corrected chi connectivity index (χ3v) is 4.94. The van der Waals surface area contributed by atoms with Crippen LogP contribution in [0.4, 0.5) is 0 Å². The van der Waals surface area contributed by atoms with E-state index in [9.17, 15) is 0 Å². The Morgan fingerprint density at radius 2 is 1.55 bits per heavy atom. The van der Waals surface area contributed by atoms with Gasteiger partial charge >= 0.3 is 0 Å². The summed E-state index contributed by atoms with van der Waals surface area (Å²) in [6, 6.07) is 12.8. The Balaban J connectivity index is 2.03. The van der Waals surface area contributed by atoms with Crippen molar-refractivity contribution in [1.82, 2.24) is 4.98 Å². The predicted octanol–water partition coefficient (Wildman–Crippen LogP) is 5.28. The molecule has 4 aromatic rings. The predicted molar refractivity (Wildman–Crippen MR) is 96.3 cm³/mol. The largest absolute Gasteiger partial charge is 0.353 e. The first-order valence-electron chi connectivity index (χ1n) is 7.13. The molecule has 0 saturated heterocycles. The molecule has 4 rings (SSSR count). The van der Waals surface area contributed by atoms with Gasteiger partial charge < -0.3 is 4.98 Å². The molecule has 0 radical (unpaired) electrons. The number of H-pyrrole nitrogens is 1. The van der Waals surface area contributed by atoms with Gasteiger partial charge in [-0.3, -0.25) is 0 Å². The summed E-state index contributed by atoms with van der Waals surface area (Å²) in [5.74, 6) is 12.1. The smallest absolute Gasteiger partial charge is 0.0654 e. The Morgan fingerprint density at radius 3 is 2.27 bits per heavy atom. The fraction of sp³-hybridized carbons (Fsp3) is 0.100. The summed E-state index contributed by atoms with van der Waals surface area (Å²) in [7, 11) is 0. The van der Waals surface area contributed by atoms with Gasteiger partial charge in [-0.15, -0.1) is 23.2 Å². The molecule has 0 spiro atoms. The van der Waals surface area contributed by atoms with Crippen LogP contribution in [-0.2, 0) is 0 Å². The van der Waals surface area contributed by atoms with Gasteiger partial charge in [0, 0.05) is 32.1 Å². The second-order valence-electron chi connectivity index (χ2n) is 5.15. The van der Waals surface area contributed by atoms with E-state index in [1.54, 1.807) is 0 Å². The van der Waals surface area contributed by atoms with Crippen LogP contribution in [0.5, 0.6) is 0 Å². The van der Waals surface area contributed by atoms with Gasteiger partial charge in [0.05, 0.1) is 10.2 Å². The molecule has 1 nitrogen and oxygen atoms in total. The van der Waals surface area contributed by atoms with E-state index in [1.165, 1.54) is 25.7 Å². The Labute approximate surface area is 133 Å². The van der Waals surface area contributed by atoms with Crippen molar-refractivity contribution in [3.8, 4) is 23.7 Å². The highest BCUT2D eigenvalue weighted by Gasteiger charge is 2.11. The average molecular weight is 299 g/mol. The van der Waals surface area contributed by atoms with E-state index in [4.69, 9.17) is 0 Å². The maximum absolute atomic E-state index is 3.56. The molecule has 0 aliphatic heterocycles. The summed E-state index contributed by atoms with van der Waals surface area (Å²) in [5, 5.41) is 2.53. The summed E-state index contributed by atoms with van der Waals surface area (Å²) in [6.07, 6.45) is 0. The number of hydrogen-bond donors (Lipinski definition) is 1. The van der Waals surface area contributed by atoms with Crippen molar-refractivity contribution in [3.05, 3.63) is 47.5 Å². The van der Waals surface area contributed by atoms with Crippen molar-refractivity contribution in [2.45, 2.75) is 13.8 Å². The topological polar surface area (TPSA) is 15.8 Å². The van der Waals surface area contributed by atoms with E-state index < -0.39 is 0 Å². The highest BCUT2D eigenvalue weighted by molar-refractivity contribution is 7.26. The number of aromatic nitrogens is 1. The minimum Gasteiger partial charge on any atom is -0.353 e. The van der Waals surface area contributed by atoms with Gasteiger partial charge in [-0.2, -0.15) is 0 Å². The first-order valence-corrected chi connectivity index (χ1v) is 7.95. The van der Waals surface area contributed by atoms with Gasteiger partial charge in [0.2, 0.25) is 0 Å². The molecule has 0 atom stereocenters. The lowest BCUT2D eigenvalue weighted by atomic mass is 10.1. The van der Waals surface area contributed by atoms with Crippen LogP contribution < -0.4 is 0 Å². The zero-order valence-corrected chi connectivity index (χ0v) is 13.2. The molecule has 104 valence electrons. The lowest BCUT2D eigenvalue weighted by Gasteiger charge is -1.94. The number of fused-ring (bicyclic) bond motifs is 5. The molecule has 22 heavy (non-hydrogen) atoms. The molecular formula is C20H13NS. The minimum atomic E-state index is 1.05. The van der Waals surface area contributed by atoms with E-state index in [0.29, 0.717) is 0 Å². The van der Waals surface area contributed by atoms with Crippen LogP contribution in [0.3, 0.4) is 0 Å². The molecule has 0 amide bonds. The van der Waals surface area contributed by atoms with Crippen molar-refractivity contribution >= 4 is 42.5 Å². The number of nitrogens with one attached hydrogen (secondary N) is 1. The molecular weight excluding hydrogens is 286 g/mol. The lowest BCUT2D eigenvalue weighted by molar-refractivity contribution is 1.55. The van der Waals surface area contributed by atoms with Gasteiger partial charge in [0.25, 0.3) is 0 Å². The minimum absolute atomic E-state index is 1.05. The van der Waals surface area contributed by atoms with Crippen molar-refractivity contribution in [2.75, 3.05) is 0 Å². The summed E-state index contributed by atoms with van der Waals surface area (Å²) in [6.45, 7) is 3.73. The summed E-state index contributed by atoms with van der Waals surface area (Å²) >= 11 is 1.82. The Bertz CT molecular complexity index is 1060. The van der Waals surface area contributed by atoms with Crippen LogP contribution in [0.15, 0.2) is 36.4 Å². The third-order valence-electron chi connectivity index (χ3n) is 3.75. The summed E-state index contributed by atoms with van der Waals surface area (Å²) < 4.78 is 2.59. The standard InChI is InChI=1S/C20H13NS/c1-3-5-13-7-9-15-17(11-13)21-19-16-10-8-14(6-4-2)12-18(16)22-20(15)19/h7-12,21H,1-2H3. The van der Waals surface area contributed by atoms with E-state index >= 15 is 0 Å². The van der Waals surface area contributed by atoms with Crippen LogP contribution in [0.25, 0.3) is 31.2 Å². The quantitative estimate of drug-likeness (QED) is 0.425. The van der Waals surface area contributed by atoms with E-state index in [1.807, 2.05) is 25.2 Å². The molecule has 2 heteroatoms. The molecule has 2 aromatic carbocycles. The number of rotatable bonds is 0. The van der Waals surface area contributed by atoms with Crippen molar-refractivity contribution < 1.29 is 0 Å². The third kappa shape index (κ3) is 1.90. The normalized spacial score (nSPS) is 10.5. The highest BCUT2D eigenvalue weighted by atomic mass is 32.1. The molecule has 2 heterocycles. The lowest BCUT2D eigenvalue weighted by Crippen LogP contribution is -1.75. The fourth-order valence-corrected chi connectivity index (χ4v) is 4.07.